The van der Waals surface area contributed by atoms with E-state index < -0.39 is 11.6 Å². The lowest BCUT2D eigenvalue weighted by Crippen LogP contribution is -2.36. The van der Waals surface area contributed by atoms with Gasteiger partial charge in [-0.25, -0.2) is 4.79 Å². The normalized spacial score (nSPS) is 18.9. The van der Waals surface area contributed by atoms with Crippen LogP contribution in [0.1, 0.15) is 29.5 Å². The van der Waals surface area contributed by atoms with Crippen molar-refractivity contribution in [1.29, 1.82) is 0 Å². The minimum atomic E-state index is -0.827. The molecule has 0 aliphatic carbocycles. The Hall–Kier alpha value is -1.91. The van der Waals surface area contributed by atoms with Crippen LogP contribution in [0.25, 0.3) is 16.7 Å². The number of esters is 1. The molecule has 1 N–H and O–H groups in total. The Bertz CT molecular complexity index is 941. The first-order valence-corrected chi connectivity index (χ1v) is 10.6. The third kappa shape index (κ3) is 3.15. The maximum Gasteiger partial charge on any atom is 0.343 e. The number of carbonyl (C=O) groups excluding carboxylic acids is 1. The molecule has 2 aromatic carbocycles. The highest BCUT2D eigenvalue weighted by atomic mass is 35.5. The van der Waals surface area contributed by atoms with Gasteiger partial charge in [0.2, 0.25) is 0 Å². The minimum Gasteiger partial charge on any atom is -0.507 e. The van der Waals surface area contributed by atoms with E-state index in [4.69, 9.17) is 16.3 Å². The summed E-state index contributed by atoms with van der Waals surface area (Å²) in [7, 11) is 0. The molecule has 140 valence electrons. The van der Waals surface area contributed by atoms with Crippen molar-refractivity contribution in [3.63, 3.8) is 0 Å². The van der Waals surface area contributed by atoms with Crippen LogP contribution in [-0.4, -0.2) is 28.2 Å². The SMILES string of the molecule is Cc1cc(-c2ccc(Cl)cc2)c(C)cc1C1=C(O)C2(CCSCC2)OC1=O. The van der Waals surface area contributed by atoms with Crippen molar-refractivity contribution in [1.82, 2.24) is 0 Å². The van der Waals surface area contributed by atoms with Gasteiger partial charge in [-0.1, -0.05) is 35.9 Å². The molecule has 0 bridgehead atoms. The van der Waals surface area contributed by atoms with E-state index in [9.17, 15) is 9.90 Å². The number of hydrogen-bond donors (Lipinski definition) is 1. The molecule has 1 fully saturated rings. The smallest absolute Gasteiger partial charge is 0.343 e. The Kier molecular flexibility index (Phi) is 4.73. The van der Waals surface area contributed by atoms with Gasteiger partial charge in [0, 0.05) is 17.9 Å². The van der Waals surface area contributed by atoms with E-state index in [1.165, 1.54) is 0 Å². The number of thioether (sulfide) groups is 1. The second-order valence-electron chi connectivity index (χ2n) is 7.21. The Labute approximate surface area is 168 Å². The van der Waals surface area contributed by atoms with Crippen LogP contribution in [0.4, 0.5) is 0 Å². The van der Waals surface area contributed by atoms with Gasteiger partial charge < -0.3 is 9.84 Å². The molecular formula is C22H21ClO3S. The number of halogens is 1. The zero-order valence-electron chi connectivity index (χ0n) is 15.3. The van der Waals surface area contributed by atoms with E-state index in [0.717, 1.165) is 39.3 Å². The van der Waals surface area contributed by atoms with E-state index in [1.54, 1.807) is 0 Å². The highest BCUT2D eigenvalue weighted by Crippen LogP contribution is 2.45. The predicted molar refractivity (Wildman–Crippen MR) is 111 cm³/mol. The molecule has 1 spiro atoms. The third-order valence-corrected chi connectivity index (χ3v) is 6.69. The van der Waals surface area contributed by atoms with E-state index in [2.05, 4.69) is 6.07 Å². The lowest BCUT2D eigenvalue weighted by Gasteiger charge is -2.31. The van der Waals surface area contributed by atoms with E-state index in [-0.39, 0.29) is 5.76 Å². The molecule has 0 aromatic heterocycles. The highest BCUT2D eigenvalue weighted by molar-refractivity contribution is 7.99. The molecule has 0 unspecified atom stereocenters. The largest absolute Gasteiger partial charge is 0.507 e. The molecule has 27 heavy (non-hydrogen) atoms. The van der Waals surface area contributed by atoms with E-state index in [1.807, 2.05) is 55.9 Å². The molecule has 0 amide bonds. The summed E-state index contributed by atoms with van der Waals surface area (Å²) in [5, 5.41) is 11.6. The number of ether oxygens (including phenoxy) is 1. The van der Waals surface area contributed by atoms with Crippen LogP contribution in [0.2, 0.25) is 5.02 Å². The van der Waals surface area contributed by atoms with Crippen molar-refractivity contribution in [2.45, 2.75) is 32.3 Å². The fraction of sp³-hybridized carbons (Fsp3) is 0.318. The quantitative estimate of drug-likeness (QED) is 0.655. The minimum absolute atomic E-state index is 0.106. The molecule has 2 aromatic rings. The summed E-state index contributed by atoms with van der Waals surface area (Å²) in [6.45, 7) is 3.97. The summed E-state index contributed by atoms with van der Waals surface area (Å²) in [5.74, 6) is 1.46. The molecule has 2 aliphatic rings. The number of aliphatic hydroxyl groups excluding tert-OH is 1. The Morgan fingerprint density at radius 1 is 1.04 bits per heavy atom. The average Bonchev–Trinajstić information content (AvgIpc) is 2.88. The monoisotopic (exact) mass is 400 g/mol. The van der Waals surface area contributed by atoms with Crippen LogP contribution in [0, 0.1) is 13.8 Å². The number of aryl methyl sites for hydroxylation is 2. The van der Waals surface area contributed by atoms with Gasteiger partial charge in [0.15, 0.2) is 11.4 Å². The first-order valence-electron chi connectivity index (χ1n) is 9.04. The second kappa shape index (κ2) is 6.92. The fourth-order valence-electron chi connectivity index (χ4n) is 3.90. The predicted octanol–water partition coefficient (Wildman–Crippen LogP) is 5.72. The number of carbonyl (C=O) groups is 1. The third-order valence-electron chi connectivity index (χ3n) is 5.46. The van der Waals surface area contributed by atoms with Crippen LogP contribution in [0.5, 0.6) is 0 Å². The molecule has 0 atom stereocenters. The summed E-state index contributed by atoms with van der Waals surface area (Å²) < 4.78 is 5.70. The maximum atomic E-state index is 12.7. The molecule has 5 heteroatoms. The topological polar surface area (TPSA) is 46.5 Å². The number of hydrogen-bond acceptors (Lipinski definition) is 4. The Morgan fingerprint density at radius 3 is 2.30 bits per heavy atom. The second-order valence-corrected chi connectivity index (χ2v) is 8.87. The fourth-order valence-corrected chi connectivity index (χ4v) is 5.18. The van der Waals surface area contributed by atoms with Crippen molar-refractivity contribution < 1.29 is 14.6 Å². The highest BCUT2D eigenvalue weighted by Gasteiger charge is 2.49. The van der Waals surface area contributed by atoms with Gasteiger partial charge in [0.25, 0.3) is 0 Å². The molecule has 0 saturated carbocycles. The van der Waals surface area contributed by atoms with Crippen LogP contribution in [0.3, 0.4) is 0 Å². The summed E-state index contributed by atoms with van der Waals surface area (Å²) in [4.78, 5) is 12.7. The van der Waals surface area contributed by atoms with Crippen LogP contribution >= 0.6 is 23.4 Å². The van der Waals surface area contributed by atoms with Gasteiger partial charge in [0.1, 0.15) is 5.57 Å². The standard InChI is InChI=1S/C22H21ClO3S/c1-13-12-18(14(2)11-17(13)15-3-5-16(23)6-4-15)19-20(24)22(26-21(19)25)7-9-27-10-8-22/h3-6,11-12,24H,7-10H2,1-2H3. The lowest BCUT2D eigenvalue weighted by molar-refractivity contribution is -0.147. The van der Waals surface area contributed by atoms with Gasteiger partial charge in [-0.05, 0) is 65.3 Å². The molecule has 3 nitrogen and oxygen atoms in total. The molecule has 0 radical (unpaired) electrons. The van der Waals surface area contributed by atoms with Crippen LogP contribution in [0.15, 0.2) is 42.2 Å². The van der Waals surface area contributed by atoms with Crippen molar-refractivity contribution in [3.8, 4) is 11.1 Å². The van der Waals surface area contributed by atoms with Crippen LogP contribution in [-0.2, 0) is 9.53 Å². The van der Waals surface area contributed by atoms with Gasteiger partial charge in [-0.3, -0.25) is 0 Å². The van der Waals surface area contributed by atoms with E-state index in [0.29, 0.717) is 23.4 Å². The summed E-state index contributed by atoms with van der Waals surface area (Å²) in [6.07, 6.45) is 1.33. The van der Waals surface area contributed by atoms with Gasteiger partial charge >= 0.3 is 5.97 Å². The first kappa shape index (κ1) is 18.5. The zero-order valence-corrected chi connectivity index (χ0v) is 16.9. The Balaban J connectivity index is 1.79. The van der Waals surface area contributed by atoms with Gasteiger partial charge in [0.05, 0.1) is 0 Å². The summed E-state index contributed by atoms with van der Waals surface area (Å²) >= 11 is 7.83. The van der Waals surface area contributed by atoms with Crippen molar-refractivity contribution in [2.24, 2.45) is 0 Å². The number of benzene rings is 2. The van der Waals surface area contributed by atoms with Crippen molar-refractivity contribution in [2.75, 3.05) is 11.5 Å². The zero-order chi connectivity index (χ0) is 19.2. The van der Waals surface area contributed by atoms with Gasteiger partial charge in [-0.2, -0.15) is 11.8 Å². The molecule has 2 aliphatic heterocycles. The summed E-state index contributed by atoms with van der Waals surface area (Å²) in [5.41, 5.74) is 4.38. The molecule has 1 saturated heterocycles. The number of aliphatic hydroxyl groups is 1. The lowest BCUT2D eigenvalue weighted by atomic mass is 9.88. The molecule has 4 rings (SSSR count). The van der Waals surface area contributed by atoms with Crippen molar-refractivity contribution in [3.05, 3.63) is 63.9 Å². The first-order chi connectivity index (χ1) is 12.9. The number of rotatable bonds is 2. The summed E-state index contributed by atoms with van der Waals surface area (Å²) in [6, 6.07) is 11.7. The van der Waals surface area contributed by atoms with E-state index >= 15 is 0 Å². The van der Waals surface area contributed by atoms with Gasteiger partial charge in [-0.15, -0.1) is 0 Å². The average molecular weight is 401 g/mol. The maximum absolute atomic E-state index is 12.7. The molecule has 2 heterocycles. The van der Waals surface area contributed by atoms with Crippen LogP contribution < -0.4 is 0 Å². The van der Waals surface area contributed by atoms with Crippen molar-refractivity contribution >= 4 is 34.9 Å². The Morgan fingerprint density at radius 2 is 1.63 bits per heavy atom. The molecular weight excluding hydrogens is 380 g/mol.